The van der Waals surface area contributed by atoms with Crippen LogP contribution in [-0.4, -0.2) is 22.0 Å². The van der Waals surface area contributed by atoms with Gasteiger partial charge in [0, 0.05) is 39.7 Å². The van der Waals surface area contributed by atoms with Crippen molar-refractivity contribution in [2.45, 2.75) is 26.2 Å². The Hall–Kier alpha value is -3.19. The van der Waals surface area contributed by atoms with Crippen molar-refractivity contribution in [2.75, 3.05) is 5.32 Å². The van der Waals surface area contributed by atoms with Gasteiger partial charge in [-0.15, -0.1) is 0 Å². The maximum Gasteiger partial charge on any atom is 0.253 e. The third kappa shape index (κ3) is 3.61. The van der Waals surface area contributed by atoms with Crippen LogP contribution in [0.25, 0.3) is 10.9 Å². The number of benzene rings is 2. The number of nitrogens with one attached hydrogen (secondary N) is 3. The normalized spacial score (nSPS) is 16.8. The molecule has 8 heteroatoms. The predicted molar refractivity (Wildman–Crippen MR) is 109 cm³/mol. The summed E-state index contributed by atoms with van der Waals surface area (Å²) in [6.45, 7) is 3.50. The Bertz CT molecular complexity index is 1180. The number of rotatable bonds is 3. The summed E-state index contributed by atoms with van der Waals surface area (Å²) in [7, 11) is 0. The highest BCUT2D eigenvalue weighted by molar-refractivity contribution is 6.30. The first kappa shape index (κ1) is 19.1. The van der Waals surface area contributed by atoms with E-state index in [-0.39, 0.29) is 22.9 Å². The van der Waals surface area contributed by atoms with E-state index in [9.17, 15) is 14.0 Å². The lowest BCUT2D eigenvalue weighted by molar-refractivity contribution is -0.121. The van der Waals surface area contributed by atoms with Crippen molar-refractivity contribution in [3.63, 3.8) is 0 Å². The minimum atomic E-state index is -0.708. The molecule has 0 radical (unpaired) electrons. The maximum absolute atomic E-state index is 14.6. The number of carbonyl (C=O) groups excluding carboxylic acids is 2. The Morgan fingerprint density at radius 1 is 1.24 bits per heavy atom. The van der Waals surface area contributed by atoms with E-state index in [0.29, 0.717) is 17.0 Å². The van der Waals surface area contributed by atoms with E-state index in [2.05, 4.69) is 20.8 Å². The first-order chi connectivity index (χ1) is 13.8. The van der Waals surface area contributed by atoms with Gasteiger partial charge in [0.2, 0.25) is 5.91 Å². The molecule has 1 aliphatic rings. The summed E-state index contributed by atoms with van der Waals surface area (Å²) >= 11 is 5.85. The highest BCUT2D eigenvalue weighted by atomic mass is 35.5. The van der Waals surface area contributed by atoms with E-state index >= 15 is 0 Å². The van der Waals surface area contributed by atoms with E-state index in [1.807, 2.05) is 19.1 Å². The Morgan fingerprint density at radius 3 is 2.79 bits per heavy atom. The monoisotopic (exact) mass is 412 g/mol. The molecule has 0 saturated heterocycles. The first-order valence-electron chi connectivity index (χ1n) is 9.05. The van der Waals surface area contributed by atoms with Crippen LogP contribution in [-0.2, 0) is 9.59 Å². The number of allylic oxidation sites excluding steroid dienone is 1. The van der Waals surface area contributed by atoms with Crippen LogP contribution < -0.4 is 10.6 Å². The van der Waals surface area contributed by atoms with Gasteiger partial charge in [0.1, 0.15) is 5.82 Å². The Kier molecular flexibility index (Phi) is 4.84. The smallest absolute Gasteiger partial charge is 0.253 e. The second-order valence-electron chi connectivity index (χ2n) is 7.03. The fourth-order valence-corrected chi connectivity index (χ4v) is 3.83. The molecule has 2 aromatic carbocycles. The Morgan fingerprint density at radius 2 is 2.03 bits per heavy atom. The number of carbonyl (C=O) groups is 2. The van der Waals surface area contributed by atoms with E-state index < -0.39 is 17.6 Å². The summed E-state index contributed by atoms with van der Waals surface area (Å²) in [5.41, 5.74) is 3.24. The first-order valence-corrected chi connectivity index (χ1v) is 9.43. The summed E-state index contributed by atoms with van der Waals surface area (Å²) in [5.74, 6) is -1.93. The summed E-state index contributed by atoms with van der Waals surface area (Å²) in [6.07, 6.45) is -0.0292. The minimum Gasteiger partial charge on any atom is -0.330 e. The van der Waals surface area contributed by atoms with Gasteiger partial charge in [0.05, 0.1) is 11.2 Å². The van der Waals surface area contributed by atoms with Crippen LogP contribution in [0.5, 0.6) is 0 Å². The lowest BCUT2D eigenvalue weighted by atomic mass is 9.83. The average Bonchev–Trinajstić information content (AvgIpc) is 3.01. The molecule has 1 unspecified atom stereocenters. The fourth-order valence-electron chi connectivity index (χ4n) is 3.68. The van der Waals surface area contributed by atoms with Gasteiger partial charge in [-0.05, 0) is 49.7 Å². The summed E-state index contributed by atoms with van der Waals surface area (Å²) < 4.78 is 14.6. The molecule has 1 aliphatic heterocycles. The zero-order valence-electron chi connectivity index (χ0n) is 15.8. The number of aryl methyl sites for hydroxylation is 1. The van der Waals surface area contributed by atoms with Crippen LogP contribution in [0, 0.1) is 12.7 Å². The topological polar surface area (TPSA) is 86.9 Å². The number of fused-ring (bicyclic) bond motifs is 1. The molecule has 1 atom stereocenters. The number of nitrogens with zero attached hydrogens (tertiary/aromatic N) is 1. The highest BCUT2D eigenvalue weighted by Gasteiger charge is 2.33. The number of hydrogen-bond donors (Lipinski definition) is 3. The molecule has 3 aromatic rings. The van der Waals surface area contributed by atoms with Crippen molar-refractivity contribution in [2.24, 2.45) is 0 Å². The van der Waals surface area contributed by atoms with Crippen LogP contribution in [0.3, 0.4) is 0 Å². The number of amides is 2. The molecule has 0 spiro atoms. The number of H-pyrrole nitrogens is 1. The summed E-state index contributed by atoms with van der Waals surface area (Å²) in [5, 5.41) is 13.7. The molecule has 6 nitrogen and oxygen atoms in total. The van der Waals surface area contributed by atoms with Gasteiger partial charge in [-0.1, -0.05) is 17.7 Å². The molecule has 148 valence electrons. The minimum absolute atomic E-state index is 0.0292. The van der Waals surface area contributed by atoms with Crippen LogP contribution in [0.4, 0.5) is 10.1 Å². The van der Waals surface area contributed by atoms with Crippen molar-refractivity contribution in [3.8, 4) is 0 Å². The molecular formula is C21H18ClFN4O2. The van der Waals surface area contributed by atoms with Crippen molar-refractivity contribution in [1.29, 1.82) is 0 Å². The average molecular weight is 413 g/mol. The van der Waals surface area contributed by atoms with Crippen LogP contribution >= 0.6 is 11.6 Å². The van der Waals surface area contributed by atoms with E-state index in [4.69, 9.17) is 11.6 Å². The highest BCUT2D eigenvalue weighted by Crippen LogP contribution is 2.35. The van der Waals surface area contributed by atoms with E-state index in [1.165, 1.54) is 12.1 Å². The molecule has 4 rings (SSSR count). The Balaban J connectivity index is 1.70. The third-order valence-electron chi connectivity index (χ3n) is 5.06. The number of anilines is 1. The zero-order valence-corrected chi connectivity index (χ0v) is 16.5. The predicted octanol–water partition coefficient (Wildman–Crippen LogP) is 4.18. The molecule has 0 saturated carbocycles. The molecular weight excluding hydrogens is 395 g/mol. The van der Waals surface area contributed by atoms with Gasteiger partial charge < -0.3 is 10.6 Å². The van der Waals surface area contributed by atoms with Crippen molar-refractivity contribution < 1.29 is 14.0 Å². The second kappa shape index (κ2) is 7.33. The molecule has 0 aliphatic carbocycles. The molecule has 2 amide bonds. The van der Waals surface area contributed by atoms with Crippen molar-refractivity contribution in [3.05, 3.63) is 69.8 Å². The molecule has 2 heterocycles. The largest absolute Gasteiger partial charge is 0.330 e. The zero-order chi connectivity index (χ0) is 20.7. The van der Waals surface area contributed by atoms with Gasteiger partial charge in [-0.2, -0.15) is 5.10 Å². The molecule has 0 bridgehead atoms. The molecule has 0 fully saturated rings. The fraction of sp³-hybridized carbons (Fsp3) is 0.190. The summed E-state index contributed by atoms with van der Waals surface area (Å²) in [6, 6.07) is 9.65. The van der Waals surface area contributed by atoms with Gasteiger partial charge in [-0.25, -0.2) is 4.39 Å². The van der Waals surface area contributed by atoms with Crippen molar-refractivity contribution in [1.82, 2.24) is 15.5 Å². The number of aromatic nitrogens is 2. The lowest BCUT2D eigenvalue weighted by Crippen LogP contribution is -2.35. The lowest BCUT2D eigenvalue weighted by Gasteiger charge is -2.27. The quantitative estimate of drug-likeness (QED) is 0.603. The standard InChI is InChI=1S/C21H18ClFN4O2/c1-10-15-8-13(4-6-18(15)27-26-10)25-21(29)20-11(2)24-19(28)9-16(20)14-5-3-12(22)7-17(14)23/h3-8,16H,9H2,1-2H3,(H,24,28)(H,25,29)(H,26,27). The van der Waals surface area contributed by atoms with E-state index in [0.717, 1.165) is 16.6 Å². The third-order valence-corrected chi connectivity index (χ3v) is 5.30. The number of halogens is 2. The molecule has 29 heavy (non-hydrogen) atoms. The van der Waals surface area contributed by atoms with Gasteiger partial charge >= 0.3 is 0 Å². The van der Waals surface area contributed by atoms with Crippen molar-refractivity contribution >= 4 is 40.0 Å². The summed E-state index contributed by atoms with van der Waals surface area (Å²) in [4.78, 5) is 25.2. The number of hydrogen-bond acceptors (Lipinski definition) is 3. The van der Waals surface area contributed by atoms with Crippen LogP contribution in [0.2, 0.25) is 5.02 Å². The molecule has 1 aromatic heterocycles. The van der Waals surface area contributed by atoms with Gasteiger partial charge in [-0.3, -0.25) is 14.7 Å². The van der Waals surface area contributed by atoms with Gasteiger partial charge in [0.15, 0.2) is 0 Å². The molecule has 3 N–H and O–H groups in total. The second-order valence-corrected chi connectivity index (χ2v) is 7.47. The number of aromatic amines is 1. The van der Waals surface area contributed by atoms with Crippen LogP contribution in [0.15, 0.2) is 47.7 Å². The van der Waals surface area contributed by atoms with Gasteiger partial charge in [0.25, 0.3) is 5.91 Å². The SMILES string of the molecule is CC1=C(C(=O)Nc2ccc3[nH]nc(C)c3c2)C(c2ccc(Cl)cc2F)CC(=O)N1. The van der Waals surface area contributed by atoms with Crippen LogP contribution in [0.1, 0.15) is 30.5 Å². The van der Waals surface area contributed by atoms with E-state index in [1.54, 1.807) is 19.1 Å². The Labute approximate surface area is 171 Å². The maximum atomic E-state index is 14.6.